The van der Waals surface area contributed by atoms with Crippen LogP contribution in [-0.4, -0.2) is 43.7 Å². The van der Waals surface area contributed by atoms with E-state index in [9.17, 15) is 0 Å². The van der Waals surface area contributed by atoms with Crippen molar-refractivity contribution in [2.45, 2.75) is 50.6 Å². The second-order valence-electron chi connectivity index (χ2n) is 6.48. The number of benzene rings is 1. The van der Waals surface area contributed by atoms with Crippen molar-refractivity contribution in [3.05, 3.63) is 29.8 Å². The van der Waals surface area contributed by atoms with Crippen LogP contribution in [0.4, 0.5) is 0 Å². The quantitative estimate of drug-likeness (QED) is 0.901. The number of rotatable bonds is 5. The highest BCUT2D eigenvalue weighted by Crippen LogP contribution is 2.41. The largest absolute Gasteiger partial charge is 0.496 e. The van der Waals surface area contributed by atoms with Crippen LogP contribution in [0.15, 0.2) is 24.3 Å². The fraction of sp³-hybridized carbons (Fsp3) is 0.667. The van der Waals surface area contributed by atoms with Crippen molar-refractivity contribution >= 4 is 0 Å². The molecule has 1 aromatic carbocycles. The third kappa shape index (κ3) is 3.41. The van der Waals surface area contributed by atoms with Gasteiger partial charge in [0.1, 0.15) is 5.75 Å². The molecule has 21 heavy (non-hydrogen) atoms. The van der Waals surface area contributed by atoms with Gasteiger partial charge in [-0.2, -0.15) is 0 Å². The molecule has 0 radical (unpaired) electrons. The van der Waals surface area contributed by atoms with Gasteiger partial charge in [-0.1, -0.05) is 25.1 Å². The lowest BCUT2D eigenvalue weighted by Gasteiger charge is -2.41. The molecule has 3 rings (SSSR count). The standard InChI is InChI=1S/C18H28N2O/c1-3-20-10-8-15(9-11-20)19-16-12-14(13-16)17-6-4-5-7-18(17)21-2/h4-7,14-16,19H,3,8-13H2,1-2H3. The summed E-state index contributed by atoms with van der Waals surface area (Å²) in [5.74, 6) is 1.73. The number of likely N-dealkylation sites (tertiary alicyclic amines) is 1. The summed E-state index contributed by atoms with van der Waals surface area (Å²) in [7, 11) is 1.77. The first-order valence-corrected chi connectivity index (χ1v) is 8.41. The van der Waals surface area contributed by atoms with Crippen LogP contribution in [0.2, 0.25) is 0 Å². The normalized spacial score (nSPS) is 27.3. The summed E-state index contributed by atoms with van der Waals surface area (Å²) in [5.41, 5.74) is 1.39. The number of ether oxygens (including phenoxy) is 1. The summed E-state index contributed by atoms with van der Waals surface area (Å²) in [6.45, 7) is 5.98. The molecule has 0 spiro atoms. The van der Waals surface area contributed by atoms with E-state index in [0.29, 0.717) is 12.0 Å². The summed E-state index contributed by atoms with van der Waals surface area (Å²) in [6.07, 6.45) is 5.13. The number of hydrogen-bond donors (Lipinski definition) is 1. The first-order chi connectivity index (χ1) is 10.3. The van der Waals surface area contributed by atoms with Gasteiger partial charge in [-0.3, -0.25) is 0 Å². The second-order valence-corrected chi connectivity index (χ2v) is 6.48. The third-order valence-electron chi connectivity index (χ3n) is 5.22. The molecule has 0 amide bonds. The topological polar surface area (TPSA) is 24.5 Å². The van der Waals surface area contributed by atoms with Gasteiger partial charge in [-0.25, -0.2) is 0 Å². The zero-order valence-electron chi connectivity index (χ0n) is 13.3. The summed E-state index contributed by atoms with van der Waals surface area (Å²) < 4.78 is 5.49. The minimum Gasteiger partial charge on any atom is -0.496 e. The van der Waals surface area contributed by atoms with Gasteiger partial charge in [0.25, 0.3) is 0 Å². The molecule has 3 nitrogen and oxygen atoms in total. The van der Waals surface area contributed by atoms with E-state index in [4.69, 9.17) is 4.74 Å². The monoisotopic (exact) mass is 288 g/mol. The summed E-state index contributed by atoms with van der Waals surface area (Å²) >= 11 is 0. The average Bonchev–Trinajstić information content (AvgIpc) is 2.51. The smallest absolute Gasteiger partial charge is 0.122 e. The Kier molecular flexibility index (Phi) is 4.81. The maximum atomic E-state index is 5.49. The van der Waals surface area contributed by atoms with Gasteiger partial charge >= 0.3 is 0 Å². The summed E-state index contributed by atoms with van der Waals surface area (Å²) in [5, 5.41) is 3.87. The zero-order valence-corrected chi connectivity index (χ0v) is 13.3. The maximum Gasteiger partial charge on any atom is 0.122 e. The molecule has 0 unspecified atom stereocenters. The molecular formula is C18H28N2O. The van der Waals surface area contributed by atoms with Gasteiger partial charge in [0.15, 0.2) is 0 Å². The number of nitrogens with zero attached hydrogens (tertiary/aromatic N) is 1. The van der Waals surface area contributed by atoms with Gasteiger partial charge in [0.2, 0.25) is 0 Å². The number of hydrogen-bond acceptors (Lipinski definition) is 3. The van der Waals surface area contributed by atoms with E-state index in [1.807, 2.05) is 0 Å². The van der Waals surface area contributed by atoms with E-state index in [0.717, 1.165) is 11.8 Å². The Morgan fingerprint density at radius 1 is 1.14 bits per heavy atom. The van der Waals surface area contributed by atoms with Crippen LogP contribution in [0.5, 0.6) is 5.75 Å². The van der Waals surface area contributed by atoms with Crippen LogP contribution in [0.1, 0.15) is 44.1 Å². The molecule has 1 saturated heterocycles. The molecule has 2 fully saturated rings. The van der Waals surface area contributed by atoms with Gasteiger partial charge in [0, 0.05) is 12.1 Å². The van der Waals surface area contributed by atoms with Gasteiger partial charge < -0.3 is 15.0 Å². The van der Waals surface area contributed by atoms with Crippen molar-refractivity contribution in [3.8, 4) is 5.75 Å². The maximum absolute atomic E-state index is 5.49. The van der Waals surface area contributed by atoms with Gasteiger partial charge in [-0.05, 0) is 62.9 Å². The Morgan fingerprint density at radius 2 is 1.86 bits per heavy atom. The van der Waals surface area contributed by atoms with Crippen LogP contribution >= 0.6 is 0 Å². The van der Waals surface area contributed by atoms with Crippen molar-refractivity contribution in [1.82, 2.24) is 10.2 Å². The molecule has 2 aliphatic rings. The molecule has 1 aliphatic carbocycles. The van der Waals surface area contributed by atoms with E-state index in [1.54, 1.807) is 7.11 Å². The van der Waals surface area contributed by atoms with Crippen LogP contribution in [0.3, 0.4) is 0 Å². The average molecular weight is 288 g/mol. The SMILES string of the molecule is CCN1CCC(NC2CC(c3ccccc3OC)C2)CC1. The van der Waals surface area contributed by atoms with Crippen molar-refractivity contribution in [2.75, 3.05) is 26.7 Å². The van der Waals surface area contributed by atoms with Crippen LogP contribution in [0, 0.1) is 0 Å². The van der Waals surface area contributed by atoms with E-state index in [2.05, 4.69) is 41.4 Å². The molecule has 1 saturated carbocycles. The number of para-hydroxylation sites is 1. The molecule has 1 aliphatic heterocycles. The second kappa shape index (κ2) is 6.80. The lowest BCUT2D eigenvalue weighted by Crippen LogP contribution is -2.49. The third-order valence-corrected chi connectivity index (χ3v) is 5.22. The Labute approximate surface area is 128 Å². The first-order valence-electron chi connectivity index (χ1n) is 8.41. The Balaban J connectivity index is 1.46. The first kappa shape index (κ1) is 14.9. The number of nitrogens with one attached hydrogen (secondary N) is 1. The molecule has 0 aromatic heterocycles. The molecule has 0 bridgehead atoms. The van der Waals surface area contributed by atoms with E-state index < -0.39 is 0 Å². The highest BCUT2D eigenvalue weighted by Gasteiger charge is 2.33. The molecule has 1 heterocycles. The fourth-order valence-electron chi connectivity index (χ4n) is 3.76. The minimum atomic E-state index is 0.675. The molecule has 1 N–H and O–H groups in total. The van der Waals surface area contributed by atoms with Crippen molar-refractivity contribution in [1.29, 1.82) is 0 Å². The Hall–Kier alpha value is -1.06. The number of piperidine rings is 1. The predicted octanol–water partition coefficient (Wildman–Crippen LogP) is 3.02. The molecule has 116 valence electrons. The molecular weight excluding hydrogens is 260 g/mol. The van der Waals surface area contributed by atoms with Crippen LogP contribution in [-0.2, 0) is 0 Å². The molecule has 1 aromatic rings. The Bertz CT molecular complexity index is 448. The summed E-state index contributed by atoms with van der Waals surface area (Å²) in [4.78, 5) is 2.55. The van der Waals surface area contributed by atoms with E-state index >= 15 is 0 Å². The van der Waals surface area contributed by atoms with Crippen molar-refractivity contribution < 1.29 is 4.74 Å². The number of methoxy groups -OCH3 is 1. The van der Waals surface area contributed by atoms with E-state index in [-0.39, 0.29) is 0 Å². The van der Waals surface area contributed by atoms with Crippen LogP contribution in [0.25, 0.3) is 0 Å². The summed E-state index contributed by atoms with van der Waals surface area (Å²) in [6, 6.07) is 9.92. The molecule has 3 heteroatoms. The fourth-order valence-corrected chi connectivity index (χ4v) is 3.76. The zero-order chi connectivity index (χ0) is 14.7. The highest BCUT2D eigenvalue weighted by molar-refractivity contribution is 5.37. The minimum absolute atomic E-state index is 0.675. The van der Waals surface area contributed by atoms with Crippen LogP contribution < -0.4 is 10.1 Å². The van der Waals surface area contributed by atoms with Crippen molar-refractivity contribution in [2.24, 2.45) is 0 Å². The molecule has 0 atom stereocenters. The lowest BCUT2D eigenvalue weighted by molar-refractivity contribution is 0.175. The van der Waals surface area contributed by atoms with E-state index in [1.165, 1.54) is 50.9 Å². The predicted molar refractivity (Wildman–Crippen MR) is 87.0 cm³/mol. The van der Waals surface area contributed by atoms with Gasteiger partial charge in [-0.15, -0.1) is 0 Å². The Morgan fingerprint density at radius 3 is 2.52 bits per heavy atom. The van der Waals surface area contributed by atoms with Gasteiger partial charge in [0.05, 0.1) is 7.11 Å². The van der Waals surface area contributed by atoms with Crippen molar-refractivity contribution in [3.63, 3.8) is 0 Å². The lowest BCUT2D eigenvalue weighted by atomic mass is 9.75. The highest BCUT2D eigenvalue weighted by atomic mass is 16.5.